The molecule has 5 heteroatoms. The van der Waals surface area contributed by atoms with Gasteiger partial charge in [-0.05, 0) is 19.4 Å². The Bertz CT molecular complexity index is 385. The van der Waals surface area contributed by atoms with Crippen molar-refractivity contribution in [2.75, 3.05) is 7.05 Å². The van der Waals surface area contributed by atoms with Gasteiger partial charge in [-0.3, -0.25) is 4.79 Å². The number of hydrogen-bond donors (Lipinski definition) is 1. The summed E-state index contributed by atoms with van der Waals surface area (Å²) in [5.74, 6) is -0.287. The molecule has 0 aliphatic carbocycles. The fourth-order valence-electron chi connectivity index (χ4n) is 1.51. The van der Waals surface area contributed by atoms with Crippen LogP contribution in [0.2, 0.25) is 0 Å². The van der Waals surface area contributed by atoms with E-state index in [-0.39, 0.29) is 30.2 Å². The first-order chi connectivity index (χ1) is 8.00. The van der Waals surface area contributed by atoms with E-state index in [1.807, 2.05) is 6.92 Å². The van der Waals surface area contributed by atoms with E-state index in [0.29, 0.717) is 24.9 Å². The molecule has 0 aliphatic heterocycles. The lowest BCUT2D eigenvalue weighted by Gasteiger charge is -2.18. The Kier molecular flexibility index (Phi) is 7.55. The van der Waals surface area contributed by atoms with Crippen LogP contribution in [0.5, 0.6) is 0 Å². The van der Waals surface area contributed by atoms with Crippen molar-refractivity contribution in [2.45, 2.75) is 32.4 Å². The zero-order valence-corrected chi connectivity index (χ0v) is 11.5. The van der Waals surface area contributed by atoms with Crippen molar-refractivity contribution in [3.05, 3.63) is 35.6 Å². The zero-order valence-electron chi connectivity index (χ0n) is 10.7. The van der Waals surface area contributed by atoms with Gasteiger partial charge in [0.1, 0.15) is 5.82 Å². The van der Waals surface area contributed by atoms with Crippen LogP contribution in [0.3, 0.4) is 0 Å². The Morgan fingerprint density at radius 1 is 1.44 bits per heavy atom. The second kappa shape index (κ2) is 8.06. The number of nitrogens with two attached hydrogens (primary N) is 1. The molecule has 1 rings (SSSR count). The van der Waals surface area contributed by atoms with Crippen LogP contribution in [0.15, 0.2) is 24.3 Å². The average Bonchev–Trinajstić information content (AvgIpc) is 2.28. The molecule has 18 heavy (non-hydrogen) atoms. The lowest BCUT2D eigenvalue weighted by atomic mass is 10.1. The summed E-state index contributed by atoms with van der Waals surface area (Å²) < 4.78 is 13.4. The van der Waals surface area contributed by atoms with Crippen LogP contribution >= 0.6 is 12.4 Å². The third kappa shape index (κ3) is 5.47. The molecule has 0 saturated carbocycles. The monoisotopic (exact) mass is 274 g/mol. The standard InChI is InChI=1S/C13H19FN2O.ClH/c1-10(15)7-8-13(17)16(2)9-11-5-3-4-6-12(11)14;/h3-6,10H,7-9,15H2,1-2H3;1H. The quantitative estimate of drug-likeness (QED) is 0.896. The molecule has 1 amide bonds. The highest BCUT2D eigenvalue weighted by molar-refractivity contribution is 5.85. The van der Waals surface area contributed by atoms with E-state index in [0.717, 1.165) is 0 Å². The maximum atomic E-state index is 13.4. The van der Waals surface area contributed by atoms with Gasteiger partial charge in [-0.2, -0.15) is 0 Å². The molecule has 0 heterocycles. The van der Waals surface area contributed by atoms with Gasteiger partial charge in [0.2, 0.25) is 5.91 Å². The van der Waals surface area contributed by atoms with E-state index in [1.165, 1.54) is 11.0 Å². The van der Waals surface area contributed by atoms with Crippen molar-refractivity contribution >= 4 is 18.3 Å². The summed E-state index contributed by atoms with van der Waals surface area (Å²) in [5.41, 5.74) is 6.12. The Morgan fingerprint density at radius 3 is 2.61 bits per heavy atom. The summed E-state index contributed by atoms with van der Waals surface area (Å²) in [6, 6.07) is 6.50. The fourth-order valence-corrected chi connectivity index (χ4v) is 1.51. The third-order valence-electron chi connectivity index (χ3n) is 2.60. The number of carbonyl (C=O) groups excluding carboxylic acids is 1. The molecular weight excluding hydrogens is 255 g/mol. The molecule has 0 saturated heterocycles. The Morgan fingerprint density at radius 2 is 2.06 bits per heavy atom. The van der Waals surface area contributed by atoms with Gasteiger partial charge in [-0.1, -0.05) is 18.2 Å². The maximum absolute atomic E-state index is 13.4. The minimum absolute atomic E-state index is 0. The maximum Gasteiger partial charge on any atom is 0.222 e. The number of amides is 1. The fraction of sp³-hybridized carbons (Fsp3) is 0.462. The number of halogens is 2. The first-order valence-corrected chi connectivity index (χ1v) is 5.73. The van der Waals surface area contributed by atoms with Crippen molar-refractivity contribution in [2.24, 2.45) is 5.73 Å². The predicted octanol–water partition coefficient (Wildman–Crippen LogP) is 2.33. The highest BCUT2D eigenvalue weighted by atomic mass is 35.5. The largest absolute Gasteiger partial charge is 0.341 e. The summed E-state index contributed by atoms with van der Waals surface area (Å²) in [4.78, 5) is 13.2. The van der Waals surface area contributed by atoms with Crippen LogP contribution in [-0.4, -0.2) is 23.9 Å². The van der Waals surface area contributed by atoms with Crippen LogP contribution in [-0.2, 0) is 11.3 Å². The molecule has 2 N–H and O–H groups in total. The summed E-state index contributed by atoms with van der Waals surface area (Å²) in [7, 11) is 1.68. The molecule has 0 radical (unpaired) electrons. The molecule has 1 unspecified atom stereocenters. The number of rotatable bonds is 5. The van der Waals surface area contributed by atoms with Gasteiger partial charge < -0.3 is 10.6 Å². The van der Waals surface area contributed by atoms with Crippen molar-refractivity contribution in [3.63, 3.8) is 0 Å². The summed E-state index contributed by atoms with van der Waals surface area (Å²) >= 11 is 0. The number of hydrogen-bond acceptors (Lipinski definition) is 2. The molecule has 0 bridgehead atoms. The minimum atomic E-state index is -0.278. The highest BCUT2D eigenvalue weighted by Gasteiger charge is 2.11. The predicted molar refractivity (Wildman–Crippen MR) is 73.0 cm³/mol. The van der Waals surface area contributed by atoms with Gasteiger partial charge in [-0.15, -0.1) is 12.4 Å². The van der Waals surface area contributed by atoms with Crippen molar-refractivity contribution < 1.29 is 9.18 Å². The van der Waals surface area contributed by atoms with Gasteiger partial charge in [0.15, 0.2) is 0 Å². The van der Waals surface area contributed by atoms with E-state index in [2.05, 4.69) is 0 Å². The second-order valence-corrected chi connectivity index (χ2v) is 4.36. The first kappa shape index (κ1) is 16.9. The lowest BCUT2D eigenvalue weighted by molar-refractivity contribution is -0.130. The first-order valence-electron chi connectivity index (χ1n) is 5.73. The van der Waals surface area contributed by atoms with Gasteiger partial charge in [0, 0.05) is 31.6 Å². The minimum Gasteiger partial charge on any atom is -0.341 e. The molecule has 0 aliphatic rings. The van der Waals surface area contributed by atoms with Crippen LogP contribution in [0.1, 0.15) is 25.3 Å². The normalized spacial score (nSPS) is 11.6. The second-order valence-electron chi connectivity index (χ2n) is 4.36. The molecule has 3 nitrogen and oxygen atoms in total. The van der Waals surface area contributed by atoms with Gasteiger partial charge >= 0.3 is 0 Å². The Balaban J connectivity index is 0.00000289. The van der Waals surface area contributed by atoms with Gasteiger partial charge in [-0.25, -0.2) is 4.39 Å². The zero-order chi connectivity index (χ0) is 12.8. The highest BCUT2D eigenvalue weighted by Crippen LogP contribution is 2.10. The topological polar surface area (TPSA) is 46.3 Å². The van der Waals surface area contributed by atoms with Crippen molar-refractivity contribution in [1.82, 2.24) is 4.90 Å². The molecule has 1 aromatic rings. The third-order valence-corrected chi connectivity index (χ3v) is 2.60. The van der Waals surface area contributed by atoms with Crippen LogP contribution in [0.4, 0.5) is 4.39 Å². The van der Waals surface area contributed by atoms with Crippen molar-refractivity contribution in [3.8, 4) is 0 Å². The summed E-state index contributed by atoms with van der Waals surface area (Å²) in [6.45, 7) is 2.16. The molecule has 0 aromatic heterocycles. The lowest BCUT2D eigenvalue weighted by Crippen LogP contribution is -2.28. The number of benzene rings is 1. The Hall–Kier alpha value is -1.13. The van der Waals surface area contributed by atoms with E-state index in [1.54, 1.807) is 25.2 Å². The van der Waals surface area contributed by atoms with Crippen LogP contribution in [0.25, 0.3) is 0 Å². The smallest absolute Gasteiger partial charge is 0.222 e. The molecule has 0 spiro atoms. The number of nitrogens with zero attached hydrogens (tertiary/aromatic N) is 1. The summed E-state index contributed by atoms with van der Waals surface area (Å²) in [5, 5.41) is 0. The van der Waals surface area contributed by atoms with E-state index < -0.39 is 0 Å². The number of carbonyl (C=O) groups is 1. The van der Waals surface area contributed by atoms with Gasteiger partial charge in [0.25, 0.3) is 0 Å². The summed E-state index contributed by atoms with van der Waals surface area (Å²) in [6.07, 6.45) is 1.06. The Labute approximate surface area is 114 Å². The molecule has 1 atom stereocenters. The molecule has 102 valence electrons. The SMILES string of the molecule is CC(N)CCC(=O)N(C)Cc1ccccc1F.Cl. The van der Waals surface area contributed by atoms with Crippen molar-refractivity contribution in [1.29, 1.82) is 0 Å². The molecular formula is C13H20ClFN2O. The van der Waals surface area contributed by atoms with E-state index in [4.69, 9.17) is 5.73 Å². The van der Waals surface area contributed by atoms with Gasteiger partial charge in [0.05, 0.1) is 0 Å². The van der Waals surface area contributed by atoms with Crippen LogP contribution in [0, 0.1) is 5.82 Å². The average molecular weight is 275 g/mol. The van der Waals surface area contributed by atoms with E-state index in [9.17, 15) is 9.18 Å². The molecule has 0 fully saturated rings. The van der Waals surface area contributed by atoms with Crippen LogP contribution < -0.4 is 5.73 Å². The molecule has 1 aromatic carbocycles. The van der Waals surface area contributed by atoms with E-state index >= 15 is 0 Å².